The Hall–Kier alpha value is -5.70. The third-order valence-corrected chi connectivity index (χ3v) is 6.06. The summed E-state index contributed by atoms with van der Waals surface area (Å²) in [4.78, 5) is 36.0. The summed E-state index contributed by atoms with van der Waals surface area (Å²) in [6.45, 7) is 1.71. The Bertz CT molecular complexity index is 1990. The maximum atomic E-state index is 13.9. The standard InChI is InChI=1S/C27H21N9O3/c1-16(31-25(37)22-23(28)32-20-9-6-12-29-36(20)22)24-33-26-21(27(38)35(24)19-7-4-3-5-8-19)18(15-39-26)11-10-17-13-30-34(2)14-17/h3-9,12-16H,28H2,1-2H3,(H,31,37). The van der Waals surface area contributed by atoms with Crippen LogP contribution in [-0.4, -0.2) is 39.8 Å². The predicted molar refractivity (Wildman–Crippen MR) is 142 cm³/mol. The molecule has 192 valence electrons. The number of aromatic nitrogens is 7. The number of carbonyl (C=O) groups excluding carboxylic acids is 1. The largest absolute Gasteiger partial charge is 0.445 e. The van der Waals surface area contributed by atoms with Crippen LogP contribution in [0.25, 0.3) is 22.4 Å². The summed E-state index contributed by atoms with van der Waals surface area (Å²) in [6.07, 6.45) is 6.33. The molecule has 1 aromatic carbocycles. The number of fused-ring (bicyclic) bond motifs is 2. The van der Waals surface area contributed by atoms with Gasteiger partial charge in [-0.2, -0.15) is 15.2 Å². The van der Waals surface area contributed by atoms with Gasteiger partial charge in [0.2, 0.25) is 5.71 Å². The lowest BCUT2D eigenvalue weighted by Gasteiger charge is -2.18. The molecule has 0 bridgehead atoms. The summed E-state index contributed by atoms with van der Waals surface area (Å²) in [5.41, 5.74) is 7.91. The number of nitrogens with zero attached hydrogens (tertiary/aromatic N) is 7. The average molecular weight is 520 g/mol. The molecular formula is C27H21N9O3. The first-order valence-corrected chi connectivity index (χ1v) is 11.9. The van der Waals surface area contributed by atoms with Crippen LogP contribution in [0.2, 0.25) is 0 Å². The van der Waals surface area contributed by atoms with Crippen LogP contribution in [0.5, 0.6) is 0 Å². The smallest absolute Gasteiger partial charge is 0.274 e. The molecule has 0 aliphatic rings. The SMILES string of the molecule is CC(NC(=O)c1c(N)nc2cccnn12)c1nc2occ(C#Cc3cnn(C)c3)c2c(=O)n1-c1ccccc1. The number of rotatable bonds is 4. The lowest BCUT2D eigenvalue weighted by Crippen LogP contribution is -2.34. The Morgan fingerprint density at radius 2 is 1.92 bits per heavy atom. The number of benzene rings is 1. The second-order valence-corrected chi connectivity index (χ2v) is 8.76. The monoisotopic (exact) mass is 519 g/mol. The summed E-state index contributed by atoms with van der Waals surface area (Å²) in [5, 5.41) is 11.4. The van der Waals surface area contributed by atoms with Crippen molar-refractivity contribution in [2.75, 3.05) is 5.73 Å². The van der Waals surface area contributed by atoms with Gasteiger partial charge in [0.1, 0.15) is 17.5 Å². The quantitative estimate of drug-likeness (QED) is 0.337. The normalized spacial score (nSPS) is 11.8. The van der Waals surface area contributed by atoms with Gasteiger partial charge >= 0.3 is 0 Å². The lowest BCUT2D eigenvalue weighted by molar-refractivity contribution is 0.0931. The van der Waals surface area contributed by atoms with Crippen LogP contribution >= 0.6 is 0 Å². The number of para-hydroxylation sites is 1. The molecule has 0 saturated carbocycles. The number of furan rings is 1. The summed E-state index contributed by atoms with van der Waals surface area (Å²) >= 11 is 0. The third kappa shape index (κ3) is 4.17. The van der Waals surface area contributed by atoms with Crippen LogP contribution in [0.3, 0.4) is 0 Å². The highest BCUT2D eigenvalue weighted by molar-refractivity contribution is 5.98. The van der Waals surface area contributed by atoms with Crippen LogP contribution in [0.1, 0.15) is 40.4 Å². The van der Waals surface area contributed by atoms with E-state index >= 15 is 0 Å². The van der Waals surface area contributed by atoms with E-state index in [-0.39, 0.29) is 34.0 Å². The van der Waals surface area contributed by atoms with Gasteiger partial charge in [-0.15, -0.1) is 0 Å². The van der Waals surface area contributed by atoms with Crippen LogP contribution in [0.15, 0.2) is 76.5 Å². The number of amides is 1. The minimum absolute atomic E-state index is 0.0325. The molecule has 0 radical (unpaired) electrons. The van der Waals surface area contributed by atoms with Crippen LogP contribution in [-0.2, 0) is 7.05 Å². The molecule has 3 N–H and O–H groups in total. The van der Waals surface area contributed by atoms with Crippen molar-refractivity contribution < 1.29 is 9.21 Å². The highest BCUT2D eigenvalue weighted by Gasteiger charge is 2.25. The fraction of sp³-hybridized carbons (Fsp3) is 0.111. The molecule has 12 heteroatoms. The van der Waals surface area contributed by atoms with E-state index in [0.717, 1.165) is 0 Å². The van der Waals surface area contributed by atoms with Gasteiger partial charge in [0.15, 0.2) is 17.2 Å². The van der Waals surface area contributed by atoms with Crippen LogP contribution in [0.4, 0.5) is 5.82 Å². The van der Waals surface area contributed by atoms with E-state index in [4.69, 9.17) is 10.2 Å². The fourth-order valence-electron chi connectivity index (χ4n) is 4.29. The molecule has 0 spiro atoms. The fourth-order valence-corrected chi connectivity index (χ4v) is 4.29. The molecule has 1 unspecified atom stereocenters. The molecule has 12 nitrogen and oxygen atoms in total. The van der Waals surface area contributed by atoms with Gasteiger partial charge in [-0.3, -0.25) is 18.8 Å². The van der Waals surface area contributed by atoms with Gasteiger partial charge in [0.25, 0.3) is 11.5 Å². The van der Waals surface area contributed by atoms with Crippen molar-refractivity contribution >= 4 is 28.5 Å². The number of aryl methyl sites for hydroxylation is 1. The van der Waals surface area contributed by atoms with Gasteiger partial charge in [0, 0.05) is 19.4 Å². The van der Waals surface area contributed by atoms with E-state index in [9.17, 15) is 9.59 Å². The van der Waals surface area contributed by atoms with E-state index < -0.39 is 11.9 Å². The van der Waals surface area contributed by atoms with Crippen molar-refractivity contribution in [2.24, 2.45) is 7.05 Å². The molecule has 5 heterocycles. The zero-order valence-electron chi connectivity index (χ0n) is 20.9. The zero-order valence-corrected chi connectivity index (χ0v) is 20.9. The number of nitrogen functional groups attached to an aromatic ring is 1. The molecule has 39 heavy (non-hydrogen) atoms. The Kier molecular flexibility index (Phi) is 5.65. The number of imidazole rings is 1. The van der Waals surface area contributed by atoms with Gasteiger partial charge in [-0.1, -0.05) is 30.0 Å². The topological polar surface area (TPSA) is 151 Å². The first kappa shape index (κ1) is 23.7. The van der Waals surface area contributed by atoms with Crippen molar-refractivity contribution in [3.05, 3.63) is 100 Å². The van der Waals surface area contributed by atoms with E-state index in [0.29, 0.717) is 22.5 Å². The van der Waals surface area contributed by atoms with Gasteiger partial charge in [-0.25, -0.2) is 9.50 Å². The van der Waals surface area contributed by atoms with Crippen molar-refractivity contribution in [1.29, 1.82) is 0 Å². The van der Waals surface area contributed by atoms with Crippen molar-refractivity contribution in [1.82, 2.24) is 39.2 Å². The minimum Gasteiger partial charge on any atom is -0.445 e. The van der Waals surface area contributed by atoms with E-state index in [1.807, 2.05) is 18.2 Å². The van der Waals surface area contributed by atoms with Gasteiger partial charge in [-0.05, 0) is 31.2 Å². The summed E-state index contributed by atoms with van der Waals surface area (Å²) in [7, 11) is 1.79. The van der Waals surface area contributed by atoms with E-state index in [2.05, 4.69) is 37.3 Å². The second-order valence-electron chi connectivity index (χ2n) is 8.76. The van der Waals surface area contributed by atoms with Crippen molar-refractivity contribution in [3.8, 4) is 17.5 Å². The van der Waals surface area contributed by atoms with Crippen LogP contribution < -0.4 is 16.6 Å². The molecular weight excluding hydrogens is 498 g/mol. The van der Waals surface area contributed by atoms with Gasteiger partial charge < -0.3 is 15.5 Å². The Morgan fingerprint density at radius 3 is 2.69 bits per heavy atom. The average Bonchev–Trinajstić information content (AvgIpc) is 3.63. The Balaban J connectivity index is 1.45. The predicted octanol–water partition coefficient (Wildman–Crippen LogP) is 2.23. The summed E-state index contributed by atoms with van der Waals surface area (Å²) < 4.78 is 10.1. The van der Waals surface area contributed by atoms with E-state index in [1.54, 1.807) is 55.3 Å². The molecule has 6 aromatic rings. The summed E-state index contributed by atoms with van der Waals surface area (Å²) in [5.74, 6) is 5.75. The molecule has 1 amide bonds. The molecule has 6 rings (SSSR count). The molecule has 0 aliphatic heterocycles. The first-order valence-electron chi connectivity index (χ1n) is 11.9. The number of hydrogen-bond donors (Lipinski definition) is 2. The second kappa shape index (κ2) is 9.31. The molecule has 1 atom stereocenters. The molecule has 0 aliphatic carbocycles. The number of anilines is 1. The maximum Gasteiger partial charge on any atom is 0.274 e. The lowest BCUT2D eigenvalue weighted by atomic mass is 10.2. The molecule has 5 aromatic heterocycles. The zero-order chi connectivity index (χ0) is 27.1. The first-order chi connectivity index (χ1) is 18.9. The summed E-state index contributed by atoms with van der Waals surface area (Å²) in [6, 6.07) is 11.7. The molecule has 0 saturated heterocycles. The Morgan fingerprint density at radius 1 is 1.10 bits per heavy atom. The van der Waals surface area contributed by atoms with E-state index in [1.165, 1.54) is 21.5 Å². The highest BCUT2D eigenvalue weighted by Crippen LogP contribution is 2.22. The highest BCUT2D eigenvalue weighted by atomic mass is 16.3. The van der Waals surface area contributed by atoms with Crippen molar-refractivity contribution in [2.45, 2.75) is 13.0 Å². The van der Waals surface area contributed by atoms with Crippen molar-refractivity contribution in [3.63, 3.8) is 0 Å². The number of nitrogens with two attached hydrogens (primary N) is 1. The third-order valence-electron chi connectivity index (χ3n) is 6.06. The number of nitrogens with one attached hydrogen (secondary N) is 1. The minimum atomic E-state index is -0.738. The van der Waals surface area contributed by atoms with Gasteiger partial charge in [0.05, 0.1) is 29.1 Å². The number of carbonyl (C=O) groups is 1. The molecule has 0 fully saturated rings. The van der Waals surface area contributed by atoms with Crippen LogP contribution in [0, 0.1) is 11.8 Å². The number of hydrogen-bond acceptors (Lipinski definition) is 8. The maximum absolute atomic E-state index is 13.9. The Labute approximate surface area is 220 Å².